The summed E-state index contributed by atoms with van der Waals surface area (Å²) in [7, 11) is 0. The number of hydrogen-bond acceptors (Lipinski definition) is 2. The first-order valence-electron chi connectivity index (χ1n) is 9.26. The predicted octanol–water partition coefficient (Wildman–Crippen LogP) is 3.81. The van der Waals surface area contributed by atoms with Crippen molar-refractivity contribution in [2.45, 2.75) is 77.2 Å². The number of hydrogen-bond donors (Lipinski definition) is 1. The van der Waals surface area contributed by atoms with Gasteiger partial charge < -0.3 is 5.32 Å². The number of rotatable bonds is 3. The third-order valence-corrected chi connectivity index (χ3v) is 6.28. The first-order chi connectivity index (χ1) is 9.81. The minimum absolute atomic E-state index is 0.636. The van der Waals surface area contributed by atoms with Gasteiger partial charge in [-0.25, -0.2) is 0 Å². The molecule has 1 atom stereocenters. The van der Waals surface area contributed by atoms with E-state index in [-0.39, 0.29) is 0 Å². The highest BCUT2D eigenvalue weighted by Crippen LogP contribution is 2.39. The fourth-order valence-electron chi connectivity index (χ4n) is 5.14. The molecule has 0 aromatic rings. The van der Waals surface area contributed by atoms with Crippen molar-refractivity contribution in [1.29, 1.82) is 0 Å². The van der Waals surface area contributed by atoms with Gasteiger partial charge in [-0.05, 0) is 75.8 Å². The van der Waals surface area contributed by atoms with Crippen molar-refractivity contribution >= 4 is 0 Å². The largest absolute Gasteiger partial charge is 0.316 e. The van der Waals surface area contributed by atoms with E-state index in [4.69, 9.17) is 0 Å². The van der Waals surface area contributed by atoms with E-state index < -0.39 is 0 Å². The summed E-state index contributed by atoms with van der Waals surface area (Å²) >= 11 is 0. The first kappa shape index (κ1) is 14.8. The first-order valence-corrected chi connectivity index (χ1v) is 9.26. The number of piperidine rings is 2. The van der Waals surface area contributed by atoms with E-state index in [2.05, 4.69) is 17.1 Å². The van der Waals surface area contributed by atoms with Crippen LogP contribution in [0.2, 0.25) is 0 Å². The zero-order valence-corrected chi connectivity index (χ0v) is 13.5. The van der Waals surface area contributed by atoms with Gasteiger partial charge in [-0.3, -0.25) is 4.90 Å². The molecule has 2 aliphatic heterocycles. The molecule has 1 saturated carbocycles. The van der Waals surface area contributed by atoms with Gasteiger partial charge in [0, 0.05) is 19.1 Å². The monoisotopic (exact) mass is 278 g/mol. The maximum atomic E-state index is 3.67. The summed E-state index contributed by atoms with van der Waals surface area (Å²) in [4.78, 5) is 2.89. The van der Waals surface area contributed by atoms with Gasteiger partial charge in [-0.1, -0.05) is 19.8 Å². The van der Waals surface area contributed by atoms with E-state index in [1.165, 1.54) is 90.4 Å². The molecule has 3 rings (SSSR count). The van der Waals surface area contributed by atoms with Crippen molar-refractivity contribution in [3.05, 3.63) is 0 Å². The Morgan fingerprint density at radius 2 is 1.90 bits per heavy atom. The van der Waals surface area contributed by atoms with Crippen LogP contribution in [0, 0.1) is 11.3 Å². The van der Waals surface area contributed by atoms with Crippen LogP contribution in [0.25, 0.3) is 0 Å². The number of nitrogens with zero attached hydrogens (tertiary/aromatic N) is 1. The third kappa shape index (κ3) is 3.39. The molecule has 3 aliphatic rings. The van der Waals surface area contributed by atoms with Gasteiger partial charge in [0.1, 0.15) is 0 Å². The van der Waals surface area contributed by atoms with Gasteiger partial charge >= 0.3 is 0 Å². The average Bonchev–Trinajstić information content (AvgIpc) is 2.49. The summed E-state index contributed by atoms with van der Waals surface area (Å²) in [6, 6.07) is 0.919. The molecule has 116 valence electrons. The summed E-state index contributed by atoms with van der Waals surface area (Å²) in [5.74, 6) is 1.05. The minimum atomic E-state index is 0.636. The standard InChI is InChI=1S/C18H34N2/c1-2-5-16-6-8-17(9-7-16)20-13-4-11-18(15-20)10-3-12-19-14-18/h16-17,19H,2-15H2,1H3. The summed E-state index contributed by atoms with van der Waals surface area (Å²) in [6.07, 6.45) is 14.6. The Morgan fingerprint density at radius 1 is 1.10 bits per heavy atom. The summed E-state index contributed by atoms with van der Waals surface area (Å²) in [5.41, 5.74) is 0.636. The highest BCUT2D eigenvalue weighted by atomic mass is 15.2. The Morgan fingerprint density at radius 3 is 2.60 bits per heavy atom. The van der Waals surface area contributed by atoms with Gasteiger partial charge in [0.05, 0.1) is 0 Å². The second-order valence-electron chi connectivity index (χ2n) is 7.82. The molecule has 2 heterocycles. The second kappa shape index (κ2) is 6.79. The Balaban J connectivity index is 1.52. The lowest BCUT2D eigenvalue weighted by Crippen LogP contribution is -2.54. The molecule has 1 spiro atoms. The van der Waals surface area contributed by atoms with Crippen LogP contribution in [-0.2, 0) is 0 Å². The maximum absolute atomic E-state index is 3.67. The molecule has 1 N–H and O–H groups in total. The molecule has 0 aromatic carbocycles. The van der Waals surface area contributed by atoms with E-state index in [9.17, 15) is 0 Å². The molecule has 2 saturated heterocycles. The fourth-order valence-corrected chi connectivity index (χ4v) is 5.14. The van der Waals surface area contributed by atoms with Crippen LogP contribution in [0.15, 0.2) is 0 Å². The van der Waals surface area contributed by atoms with Gasteiger partial charge in [0.15, 0.2) is 0 Å². The van der Waals surface area contributed by atoms with Crippen molar-refractivity contribution in [3.63, 3.8) is 0 Å². The summed E-state index contributed by atoms with van der Waals surface area (Å²) in [6.45, 7) is 7.66. The normalized spacial score (nSPS) is 40.0. The molecule has 0 bridgehead atoms. The molecule has 3 fully saturated rings. The SMILES string of the molecule is CCCC1CCC(N2CCCC3(CCCNC3)C2)CC1. The van der Waals surface area contributed by atoms with E-state index >= 15 is 0 Å². The summed E-state index contributed by atoms with van der Waals surface area (Å²) < 4.78 is 0. The molecule has 0 radical (unpaired) electrons. The lowest BCUT2D eigenvalue weighted by atomic mass is 9.73. The van der Waals surface area contributed by atoms with E-state index in [0.717, 1.165) is 12.0 Å². The van der Waals surface area contributed by atoms with Crippen molar-refractivity contribution in [2.24, 2.45) is 11.3 Å². The molecule has 2 nitrogen and oxygen atoms in total. The number of likely N-dealkylation sites (tertiary alicyclic amines) is 1. The Labute approximate surface area is 125 Å². The lowest BCUT2D eigenvalue weighted by Gasteiger charge is -2.49. The van der Waals surface area contributed by atoms with Crippen LogP contribution in [0.1, 0.15) is 71.1 Å². The Hall–Kier alpha value is -0.0800. The highest BCUT2D eigenvalue weighted by Gasteiger charge is 2.39. The molecule has 1 unspecified atom stereocenters. The molecular formula is C18H34N2. The molecule has 2 heteroatoms. The van der Waals surface area contributed by atoms with Gasteiger partial charge in [-0.2, -0.15) is 0 Å². The molecule has 0 aromatic heterocycles. The minimum Gasteiger partial charge on any atom is -0.316 e. The molecule has 1 aliphatic carbocycles. The maximum Gasteiger partial charge on any atom is 0.00957 e. The van der Waals surface area contributed by atoms with Gasteiger partial charge in [0.25, 0.3) is 0 Å². The lowest BCUT2D eigenvalue weighted by molar-refractivity contribution is 0.0212. The molecular weight excluding hydrogens is 244 g/mol. The summed E-state index contributed by atoms with van der Waals surface area (Å²) in [5, 5.41) is 3.67. The zero-order valence-electron chi connectivity index (χ0n) is 13.5. The average molecular weight is 278 g/mol. The van der Waals surface area contributed by atoms with Crippen LogP contribution in [0.5, 0.6) is 0 Å². The van der Waals surface area contributed by atoms with Crippen LogP contribution in [0.4, 0.5) is 0 Å². The van der Waals surface area contributed by atoms with Gasteiger partial charge in [-0.15, -0.1) is 0 Å². The van der Waals surface area contributed by atoms with Gasteiger partial charge in [0.2, 0.25) is 0 Å². The van der Waals surface area contributed by atoms with E-state index in [1.54, 1.807) is 0 Å². The van der Waals surface area contributed by atoms with Crippen molar-refractivity contribution in [1.82, 2.24) is 10.2 Å². The van der Waals surface area contributed by atoms with Crippen LogP contribution in [0.3, 0.4) is 0 Å². The van der Waals surface area contributed by atoms with Crippen LogP contribution in [-0.4, -0.2) is 37.1 Å². The Bertz CT molecular complexity index is 282. The van der Waals surface area contributed by atoms with Crippen molar-refractivity contribution < 1.29 is 0 Å². The van der Waals surface area contributed by atoms with Crippen LogP contribution >= 0.6 is 0 Å². The fraction of sp³-hybridized carbons (Fsp3) is 1.00. The van der Waals surface area contributed by atoms with Crippen molar-refractivity contribution in [2.75, 3.05) is 26.2 Å². The second-order valence-corrected chi connectivity index (χ2v) is 7.82. The van der Waals surface area contributed by atoms with E-state index in [0.29, 0.717) is 5.41 Å². The van der Waals surface area contributed by atoms with E-state index in [1.807, 2.05) is 0 Å². The Kier molecular flexibility index (Phi) is 5.04. The quantitative estimate of drug-likeness (QED) is 0.844. The third-order valence-electron chi connectivity index (χ3n) is 6.28. The highest BCUT2D eigenvalue weighted by molar-refractivity contribution is 4.94. The van der Waals surface area contributed by atoms with Crippen molar-refractivity contribution in [3.8, 4) is 0 Å². The predicted molar refractivity (Wildman–Crippen MR) is 86.0 cm³/mol. The molecule has 20 heavy (non-hydrogen) atoms. The van der Waals surface area contributed by atoms with Crippen LogP contribution < -0.4 is 5.32 Å². The smallest absolute Gasteiger partial charge is 0.00957 e. The zero-order chi connectivity index (χ0) is 13.8. The molecule has 0 amide bonds. The topological polar surface area (TPSA) is 15.3 Å². The number of nitrogens with one attached hydrogen (secondary N) is 1.